The van der Waals surface area contributed by atoms with Crippen molar-refractivity contribution in [3.8, 4) is 11.4 Å². The van der Waals surface area contributed by atoms with Crippen LogP contribution in [0.25, 0.3) is 5.69 Å². The Kier molecular flexibility index (Phi) is 6.07. The topological polar surface area (TPSA) is 116 Å². The summed E-state index contributed by atoms with van der Waals surface area (Å²) < 4.78 is 10.4. The number of ether oxygens (including phenoxy) is 2. The van der Waals surface area contributed by atoms with Gasteiger partial charge in [0.1, 0.15) is 18.4 Å². The zero-order valence-corrected chi connectivity index (χ0v) is 14.2. The summed E-state index contributed by atoms with van der Waals surface area (Å²) in [5.74, 6) is -1.03. The van der Waals surface area contributed by atoms with E-state index in [9.17, 15) is 9.59 Å². The molecule has 0 aliphatic carbocycles. The van der Waals surface area contributed by atoms with Gasteiger partial charge in [-0.15, -0.1) is 5.10 Å². The third kappa shape index (κ3) is 4.77. The number of carbonyl (C=O) groups excluding carboxylic acids is 1. The van der Waals surface area contributed by atoms with Gasteiger partial charge in [-0.2, -0.15) is 9.90 Å². The van der Waals surface area contributed by atoms with E-state index in [0.29, 0.717) is 30.3 Å². The van der Waals surface area contributed by atoms with Gasteiger partial charge in [-0.3, -0.25) is 9.59 Å². The lowest BCUT2D eigenvalue weighted by Crippen LogP contribution is -2.38. The summed E-state index contributed by atoms with van der Waals surface area (Å²) in [6.07, 6.45) is 0. The average molecular weight is 348 g/mol. The van der Waals surface area contributed by atoms with E-state index in [0.717, 1.165) is 0 Å². The number of hydrogen-bond acceptors (Lipinski definition) is 6. The standard InChI is InChI=1S/C16H20N4O5/c1-10-14(15(21)17-11(2)16(22)23)19-20(18-10)12-4-6-13(7-5-12)25-9-8-24-3/h4-7,11H,8-9H2,1-3H3,(H,17,21)(H,22,23). The molecule has 1 aromatic heterocycles. The van der Waals surface area contributed by atoms with Gasteiger partial charge in [0.15, 0.2) is 5.69 Å². The molecule has 1 heterocycles. The molecule has 2 rings (SSSR count). The second-order valence-electron chi connectivity index (χ2n) is 5.29. The molecule has 1 unspecified atom stereocenters. The first-order valence-electron chi connectivity index (χ1n) is 7.62. The van der Waals surface area contributed by atoms with E-state index in [2.05, 4.69) is 15.5 Å². The highest BCUT2D eigenvalue weighted by molar-refractivity contribution is 5.95. The first-order valence-corrected chi connectivity index (χ1v) is 7.62. The van der Waals surface area contributed by atoms with Crippen molar-refractivity contribution >= 4 is 11.9 Å². The van der Waals surface area contributed by atoms with Crippen LogP contribution in [0.1, 0.15) is 23.1 Å². The number of benzene rings is 1. The summed E-state index contributed by atoms with van der Waals surface area (Å²) >= 11 is 0. The molecule has 1 atom stereocenters. The molecule has 25 heavy (non-hydrogen) atoms. The molecule has 0 spiro atoms. The number of carboxylic acids is 1. The molecule has 1 aromatic carbocycles. The van der Waals surface area contributed by atoms with Crippen LogP contribution in [0.4, 0.5) is 0 Å². The van der Waals surface area contributed by atoms with E-state index >= 15 is 0 Å². The Bertz CT molecular complexity index is 741. The Morgan fingerprint density at radius 2 is 1.92 bits per heavy atom. The van der Waals surface area contributed by atoms with E-state index in [4.69, 9.17) is 14.6 Å². The molecule has 1 amide bonds. The van der Waals surface area contributed by atoms with Crippen molar-refractivity contribution in [1.82, 2.24) is 20.3 Å². The van der Waals surface area contributed by atoms with E-state index in [1.165, 1.54) is 11.7 Å². The fraction of sp³-hybridized carbons (Fsp3) is 0.375. The first kappa shape index (κ1) is 18.4. The highest BCUT2D eigenvalue weighted by Gasteiger charge is 2.20. The van der Waals surface area contributed by atoms with Gasteiger partial charge in [0.05, 0.1) is 18.0 Å². The number of aromatic nitrogens is 3. The van der Waals surface area contributed by atoms with E-state index < -0.39 is 17.9 Å². The number of rotatable bonds is 8. The van der Waals surface area contributed by atoms with Crippen LogP contribution in [0.5, 0.6) is 5.75 Å². The zero-order valence-electron chi connectivity index (χ0n) is 14.2. The number of carboxylic acid groups (broad SMARTS) is 1. The maximum absolute atomic E-state index is 12.1. The largest absolute Gasteiger partial charge is 0.491 e. The molecule has 0 saturated carbocycles. The Balaban J connectivity index is 2.11. The van der Waals surface area contributed by atoms with Crippen LogP contribution < -0.4 is 10.1 Å². The molecule has 0 radical (unpaired) electrons. The minimum Gasteiger partial charge on any atom is -0.491 e. The number of carbonyl (C=O) groups is 2. The predicted octanol–water partition coefficient (Wildman–Crippen LogP) is 0.804. The molecule has 0 bridgehead atoms. The lowest BCUT2D eigenvalue weighted by atomic mass is 10.3. The SMILES string of the molecule is COCCOc1ccc(-n2nc(C)c(C(=O)NC(C)C(=O)O)n2)cc1. The third-order valence-electron chi connectivity index (χ3n) is 3.34. The van der Waals surface area contributed by atoms with Crippen molar-refractivity contribution in [1.29, 1.82) is 0 Å². The Labute approximate surface area is 144 Å². The van der Waals surface area contributed by atoms with Crippen LogP contribution in [0.2, 0.25) is 0 Å². The predicted molar refractivity (Wildman–Crippen MR) is 88.0 cm³/mol. The van der Waals surface area contributed by atoms with E-state index in [-0.39, 0.29) is 5.69 Å². The lowest BCUT2D eigenvalue weighted by Gasteiger charge is -2.07. The van der Waals surface area contributed by atoms with Gasteiger partial charge in [0.25, 0.3) is 5.91 Å². The van der Waals surface area contributed by atoms with Gasteiger partial charge in [-0.25, -0.2) is 0 Å². The minimum atomic E-state index is -1.12. The Morgan fingerprint density at radius 1 is 1.24 bits per heavy atom. The molecular weight excluding hydrogens is 328 g/mol. The molecular formula is C16H20N4O5. The average Bonchev–Trinajstić information content (AvgIpc) is 2.97. The van der Waals surface area contributed by atoms with Gasteiger partial charge in [-0.1, -0.05) is 0 Å². The summed E-state index contributed by atoms with van der Waals surface area (Å²) in [5, 5.41) is 19.5. The lowest BCUT2D eigenvalue weighted by molar-refractivity contribution is -0.138. The van der Waals surface area contributed by atoms with Gasteiger partial charge >= 0.3 is 5.97 Å². The van der Waals surface area contributed by atoms with Crippen LogP contribution in [0, 0.1) is 6.92 Å². The van der Waals surface area contributed by atoms with Crippen molar-refractivity contribution < 1.29 is 24.2 Å². The number of aryl methyl sites for hydroxylation is 1. The summed E-state index contributed by atoms with van der Waals surface area (Å²) in [4.78, 5) is 24.2. The van der Waals surface area contributed by atoms with Crippen LogP contribution in [0.15, 0.2) is 24.3 Å². The summed E-state index contributed by atoms with van der Waals surface area (Å²) in [6.45, 7) is 3.95. The fourth-order valence-corrected chi connectivity index (χ4v) is 1.95. The molecule has 2 N–H and O–H groups in total. The highest BCUT2D eigenvalue weighted by Crippen LogP contribution is 2.15. The third-order valence-corrected chi connectivity index (χ3v) is 3.34. The second-order valence-corrected chi connectivity index (χ2v) is 5.29. The highest BCUT2D eigenvalue weighted by atomic mass is 16.5. The maximum Gasteiger partial charge on any atom is 0.325 e. The molecule has 0 aliphatic heterocycles. The number of nitrogens with zero attached hydrogens (tertiary/aromatic N) is 3. The quantitative estimate of drug-likeness (QED) is 0.678. The number of methoxy groups -OCH3 is 1. The first-order chi connectivity index (χ1) is 11.9. The van der Waals surface area contributed by atoms with Crippen LogP contribution in [0.3, 0.4) is 0 Å². The summed E-state index contributed by atoms with van der Waals surface area (Å²) in [6, 6.07) is 6.01. The summed E-state index contributed by atoms with van der Waals surface area (Å²) in [7, 11) is 1.60. The van der Waals surface area contributed by atoms with Crippen molar-refractivity contribution in [2.75, 3.05) is 20.3 Å². The molecule has 2 aromatic rings. The van der Waals surface area contributed by atoms with Crippen molar-refractivity contribution in [3.63, 3.8) is 0 Å². The molecule has 9 heteroatoms. The number of amides is 1. The van der Waals surface area contributed by atoms with Gasteiger partial charge in [0, 0.05) is 7.11 Å². The van der Waals surface area contributed by atoms with Crippen LogP contribution >= 0.6 is 0 Å². The smallest absolute Gasteiger partial charge is 0.325 e. The van der Waals surface area contributed by atoms with Crippen molar-refractivity contribution in [3.05, 3.63) is 35.7 Å². The van der Waals surface area contributed by atoms with E-state index in [1.54, 1.807) is 38.3 Å². The second kappa shape index (κ2) is 8.25. The number of nitrogens with one attached hydrogen (secondary N) is 1. The molecule has 0 aliphatic rings. The zero-order chi connectivity index (χ0) is 18.4. The molecule has 0 saturated heterocycles. The van der Waals surface area contributed by atoms with Gasteiger partial charge in [0.2, 0.25) is 0 Å². The molecule has 9 nitrogen and oxygen atoms in total. The molecule has 134 valence electrons. The van der Waals surface area contributed by atoms with Gasteiger partial charge < -0.3 is 19.9 Å². The van der Waals surface area contributed by atoms with Crippen molar-refractivity contribution in [2.45, 2.75) is 19.9 Å². The van der Waals surface area contributed by atoms with Gasteiger partial charge in [-0.05, 0) is 38.1 Å². The Hall–Kier alpha value is -2.94. The normalized spacial score (nSPS) is 11.8. The van der Waals surface area contributed by atoms with E-state index in [1.807, 2.05) is 0 Å². The number of hydrogen-bond donors (Lipinski definition) is 2. The van der Waals surface area contributed by atoms with Crippen molar-refractivity contribution in [2.24, 2.45) is 0 Å². The fourth-order valence-electron chi connectivity index (χ4n) is 1.95. The summed E-state index contributed by atoms with van der Waals surface area (Å²) in [5.41, 5.74) is 1.12. The maximum atomic E-state index is 12.1. The monoisotopic (exact) mass is 348 g/mol. The van der Waals surface area contributed by atoms with Crippen LogP contribution in [-0.4, -0.2) is 58.3 Å². The molecule has 0 fully saturated rings. The number of aliphatic carboxylic acids is 1. The Morgan fingerprint density at radius 3 is 2.52 bits per heavy atom. The van der Waals surface area contributed by atoms with Crippen LogP contribution in [-0.2, 0) is 9.53 Å². The minimum absolute atomic E-state index is 0.0773.